The van der Waals surface area contributed by atoms with E-state index in [4.69, 9.17) is 9.47 Å². The summed E-state index contributed by atoms with van der Waals surface area (Å²) in [6.45, 7) is 4.21. The van der Waals surface area contributed by atoms with Crippen LogP contribution in [0.2, 0.25) is 0 Å². The summed E-state index contributed by atoms with van der Waals surface area (Å²) in [6.07, 6.45) is 3.00. The van der Waals surface area contributed by atoms with E-state index in [0.29, 0.717) is 6.42 Å². The van der Waals surface area contributed by atoms with E-state index in [-0.39, 0.29) is 24.6 Å². The molecule has 0 amide bonds. The lowest BCUT2D eigenvalue weighted by atomic mass is 10.2. The maximum absolute atomic E-state index is 11.4. The molecule has 0 fully saturated rings. The van der Waals surface area contributed by atoms with Crippen molar-refractivity contribution >= 4 is 11.9 Å². The molecule has 0 aromatic heterocycles. The molecular weight excluding hydrogens is 234 g/mol. The number of carbonyl (C=O) groups excluding carboxylic acids is 2. The van der Waals surface area contributed by atoms with Crippen molar-refractivity contribution in [1.29, 1.82) is 0 Å². The quantitative estimate of drug-likeness (QED) is 0.465. The molecule has 0 saturated carbocycles. The molecule has 106 valence electrons. The Morgan fingerprint density at radius 3 is 2.39 bits per heavy atom. The van der Waals surface area contributed by atoms with E-state index in [0.717, 1.165) is 25.8 Å². The Hall–Kier alpha value is -1.10. The lowest BCUT2D eigenvalue weighted by Crippen LogP contribution is -2.21. The summed E-state index contributed by atoms with van der Waals surface area (Å²) in [5.74, 6) is -0.582. The van der Waals surface area contributed by atoms with Crippen LogP contribution in [0.3, 0.4) is 0 Å². The molecule has 0 heterocycles. The van der Waals surface area contributed by atoms with Gasteiger partial charge in [0.2, 0.25) is 0 Å². The van der Waals surface area contributed by atoms with Gasteiger partial charge in [-0.15, -0.1) is 0 Å². The van der Waals surface area contributed by atoms with Gasteiger partial charge in [0.05, 0.1) is 0 Å². The Balaban J connectivity index is 3.49. The van der Waals surface area contributed by atoms with Gasteiger partial charge in [-0.05, 0) is 40.4 Å². The number of esters is 2. The molecule has 0 radical (unpaired) electrons. The molecule has 1 unspecified atom stereocenters. The summed E-state index contributed by atoms with van der Waals surface area (Å²) < 4.78 is 9.85. The number of unbranched alkanes of at least 4 members (excludes halogenated alkanes) is 2. The van der Waals surface area contributed by atoms with Crippen LogP contribution in [0.5, 0.6) is 0 Å². The predicted octanol–water partition coefficient (Wildman–Crippen LogP) is 1.60. The van der Waals surface area contributed by atoms with E-state index >= 15 is 0 Å². The van der Waals surface area contributed by atoms with E-state index in [2.05, 4.69) is 4.90 Å². The van der Waals surface area contributed by atoms with Crippen molar-refractivity contribution in [1.82, 2.24) is 4.90 Å². The molecule has 5 heteroatoms. The van der Waals surface area contributed by atoms with Gasteiger partial charge in [-0.2, -0.15) is 0 Å². The van der Waals surface area contributed by atoms with E-state index in [9.17, 15) is 9.59 Å². The molecule has 0 rings (SSSR count). The van der Waals surface area contributed by atoms with Crippen molar-refractivity contribution in [3.8, 4) is 0 Å². The number of hydrogen-bond acceptors (Lipinski definition) is 5. The largest absolute Gasteiger partial charge is 0.462 e. The Bertz CT molecular complexity index is 253. The molecule has 0 N–H and O–H groups in total. The van der Waals surface area contributed by atoms with E-state index in [1.54, 1.807) is 6.92 Å². The number of rotatable bonds is 9. The number of ether oxygens (including phenoxy) is 2. The van der Waals surface area contributed by atoms with Crippen molar-refractivity contribution in [2.75, 3.05) is 27.2 Å². The first kappa shape index (κ1) is 16.9. The van der Waals surface area contributed by atoms with Crippen LogP contribution >= 0.6 is 0 Å². The third-order valence-electron chi connectivity index (χ3n) is 2.34. The van der Waals surface area contributed by atoms with E-state index in [1.807, 2.05) is 14.1 Å². The first-order valence-corrected chi connectivity index (χ1v) is 6.39. The Labute approximate surface area is 109 Å². The minimum atomic E-state index is -0.372. The van der Waals surface area contributed by atoms with Crippen LogP contribution in [0.25, 0.3) is 0 Å². The van der Waals surface area contributed by atoms with E-state index in [1.165, 1.54) is 6.92 Å². The summed E-state index contributed by atoms with van der Waals surface area (Å²) in [5, 5.41) is 0. The summed E-state index contributed by atoms with van der Waals surface area (Å²) in [7, 11) is 4.07. The Morgan fingerprint density at radius 1 is 1.17 bits per heavy atom. The molecular formula is C13H25NO4. The normalized spacial score (nSPS) is 12.3. The Morgan fingerprint density at radius 2 is 1.83 bits per heavy atom. The molecule has 0 spiro atoms. The topological polar surface area (TPSA) is 55.8 Å². The van der Waals surface area contributed by atoms with Gasteiger partial charge in [0.25, 0.3) is 0 Å². The van der Waals surface area contributed by atoms with Crippen molar-refractivity contribution in [2.45, 2.75) is 45.6 Å². The zero-order valence-electron chi connectivity index (χ0n) is 11.9. The monoisotopic (exact) mass is 259 g/mol. The standard InChI is InChI=1S/C13H25NO4/c1-11(10-17-12(2)15)18-13(16)8-6-5-7-9-14(3)4/h11H,5-10H2,1-4H3. The van der Waals surface area contributed by atoms with Crippen LogP contribution in [0.4, 0.5) is 0 Å². The molecule has 18 heavy (non-hydrogen) atoms. The first-order valence-electron chi connectivity index (χ1n) is 6.39. The fourth-order valence-corrected chi connectivity index (χ4v) is 1.43. The fraction of sp³-hybridized carbons (Fsp3) is 0.846. The second kappa shape index (κ2) is 9.88. The molecule has 0 aromatic rings. The molecule has 0 aliphatic rings. The van der Waals surface area contributed by atoms with Gasteiger partial charge in [-0.1, -0.05) is 6.42 Å². The smallest absolute Gasteiger partial charge is 0.306 e. The molecule has 5 nitrogen and oxygen atoms in total. The van der Waals surface area contributed by atoms with Gasteiger partial charge >= 0.3 is 11.9 Å². The molecule has 0 saturated heterocycles. The van der Waals surface area contributed by atoms with Crippen LogP contribution in [0.1, 0.15) is 39.5 Å². The van der Waals surface area contributed by atoms with E-state index < -0.39 is 0 Å². The fourth-order valence-electron chi connectivity index (χ4n) is 1.43. The highest BCUT2D eigenvalue weighted by Crippen LogP contribution is 2.04. The van der Waals surface area contributed by atoms with Crippen LogP contribution in [0.15, 0.2) is 0 Å². The first-order chi connectivity index (χ1) is 8.41. The average molecular weight is 259 g/mol. The minimum Gasteiger partial charge on any atom is -0.462 e. The maximum atomic E-state index is 11.4. The predicted molar refractivity (Wildman–Crippen MR) is 69.2 cm³/mol. The molecule has 0 aromatic carbocycles. The SMILES string of the molecule is CC(=O)OCC(C)OC(=O)CCCCCN(C)C. The van der Waals surface area contributed by atoms with Crippen molar-refractivity contribution in [3.05, 3.63) is 0 Å². The van der Waals surface area contributed by atoms with Crippen LogP contribution < -0.4 is 0 Å². The van der Waals surface area contributed by atoms with Gasteiger partial charge in [-0.25, -0.2) is 0 Å². The third-order valence-corrected chi connectivity index (χ3v) is 2.34. The van der Waals surface area contributed by atoms with Crippen LogP contribution in [-0.4, -0.2) is 50.2 Å². The highest BCUT2D eigenvalue weighted by atomic mass is 16.6. The second-order valence-corrected chi connectivity index (χ2v) is 4.72. The molecule has 1 atom stereocenters. The second-order valence-electron chi connectivity index (χ2n) is 4.72. The number of nitrogens with zero attached hydrogens (tertiary/aromatic N) is 1. The lowest BCUT2D eigenvalue weighted by Gasteiger charge is -2.13. The average Bonchev–Trinajstić information content (AvgIpc) is 2.25. The molecule has 0 aliphatic heterocycles. The maximum Gasteiger partial charge on any atom is 0.306 e. The number of carbonyl (C=O) groups is 2. The summed E-state index contributed by atoms with van der Waals surface area (Å²) >= 11 is 0. The van der Waals surface area contributed by atoms with Crippen molar-refractivity contribution in [2.24, 2.45) is 0 Å². The van der Waals surface area contributed by atoms with Crippen LogP contribution in [0, 0.1) is 0 Å². The van der Waals surface area contributed by atoms with Crippen LogP contribution in [-0.2, 0) is 19.1 Å². The molecule has 0 bridgehead atoms. The van der Waals surface area contributed by atoms with Gasteiger partial charge < -0.3 is 14.4 Å². The highest BCUT2D eigenvalue weighted by molar-refractivity contribution is 5.69. The zero-order chi connectivity index (χ0) is 14.0. The third kappa shape index (κ3) is 11.4. The van der Waals surface area contributed by atoms with Crippen molar-refractivity contribution in [3.63, 3.8) is 0 Å². The highest BCUT2D eigenvalue weighted by Gasteiger charge is 2.10. The van der Waals surface area contributed by atoms with Gasteiger partial charge in [-0.3, -0.25) is 9.59 Å². The van der Waals surface area contributed by atoms with Crippen molar-refractivity contribution < 1.29 is 19.1 Å². The summed E-state index contributed by atoms with van der Waals surface area (Å²) in [6, 6.07) is 0. The Kier molecular flexibility index (Phi) is 9.28. The lowest BCUT2D eigenvalue weighted by molar-refractivity contribution is -0.157. The number of hydrogen-bond donors (Lipinski definition) is 0. The van der Waals surface area contributed by atoms with Gasteiger partial charge in [0, 0.05) is 13.3 Å². The van der Waals surface area contributed by atoms with Gasteiger partial charge in [0.15, 0.2) is 0 Å². The zero-order valence-corrected chi connectivity index (χ0v) is 11.9. The summed E-state index contributed by atoms with van der Waals surface area (Å²) in [5.41, 5.74) is 0. The summed E-state index contributed by atoms with van der Waals surface area (Å²) in [4.78, 5) is 24.1. The minimum absolute atomic E-state index is 0.127. The molecule has 0 aliphatic carbocycles. The van der Waals surface area contributed by atoms with Gasteiger partial charge in [0.1, 0.15) is 12.7 Å².